The highest BCUT2D eigenvalue weighted by Crippen LogP contribution is 2.30. The van der Waals surface area contributed by atoms with Crippen molar-refractivity contribution in [1.82, 2.24) is 10.0 Å². The number of carbonyl (C=O) groups excluding carboxylic acids is 1. The Bertz CT molecular complexity index is 972. The van der Waals surface area contributed by atoms with E-state index >= 15 is 0 Å². The quantitative estimate of drug-likeness (QED) is 0.549. The molecule has 0 radical (unpaired) electrons. The maximum absolute atomic E-state index is 12.4. The Kier molecular flexibility index (Phi) is 8.88. The second-order valence-corrected chi connectivity index (χ2v) is 9.64. The number of carbonyl (C=O) groups is 1. The molecule has 2 N–H and O–H groups in total. The van der Waals surface area contributed by atoms with Crippen molar-refractivity contribution in [1.29, 1.82) is 0 Å². The molecule has 2 aromatic carbocycles. The smallest absolute Gasteiger partial charge is 0.240 e. The molecule has 0 aliphatic carbocycles. The van der Waals surface area contributed by atoms with Crippen molar-refractivity contribution in [3.8, 4) is 11.5 Å². The lowest BCUT2D eigenvalue weighted by molar-refractivity contribution is -0.121. The van der Waals surface area contributed by atoms with Gasteiger partial charge in [-0.1, -0.05) is 32.0 Å². The number of sulfonamides is 1. The molecule has 0 fully saturated rings. The van der Waals surface area contributed by atoms with E-state index in [1.54, 1.807) is 19.2 Å². The zero-order chi connectivity index (χ0) is 23.0. The highest BCUT2D eigenvalue weighted by atomic mass is 32.2. The minimum absolute atomic E-state index is 0.0847. The minimum Gasteiger partial charge on any atom is -0.493 e. The molecule has 1 unspecified atom stereocenters. The Labute approximate surface area is 185 Å². The standard InChI is InChI=1S/C23H32N2O5S/c1-16(2)15-30-21-12-9-19(14-22(21)29-5)17(3)25-23(26)13-8-18-6-10-20(11-7-18)31(27,28)24-4/h6-7,9-12,14,16-17,24H,8,13,15H2,1-5H3,(H,25,26). The number of amides is 1. The van der Waals surface area contributed by atoms with Gasteiger partial charge in [-0.25, -0.2) is 13.1 Å². The fraction of sp³-hybridized carbons (Fsp3) is 0.435. The van der Waals surface area contributed by atoms with Crippen molar-refractivity contribution in [2.24, 2.45) is 5.92 Å². The van der Waals surface area contributed by atoms with E-state index in [9.17, 15) is 13.2 Å². The predicted octanol–water partition coefficient (Wildman–Crippen LogP) is 3.45. The third-order valence-electron chi connectivity index (χ3n) is 4.78. The van der Waals surface area contributed by atoms with Gasteiger partial charge in [0.05, 0.1) is 24.7 Å². The number of nitrogens with one attached hydrogen (secondary N) is 2. The third kappa shape index (κ3) is 7.25. The molecule has 0 saturated carbocycles. The number of benzene rings is 2. The Morgan fingerprint density at radius 2 is 1.71 bits per heavy atom. The minimum atomic E-state index is -3.46. The molecule has 31 heavy (non-hydrogen) atoms. The summed E-state index contributed by atoms with van der Waals surface area (Å²) in [5, 5.41) is 2.99. The summed E-state index contributed by atoms with van der Waals surface area (Å²) in [6, 6.07) is 12.0. The van der Waals surface area contributed by atoms with E-state index in [4.69, 9.17) is 9.47 Å². The zero-order valence-electron chi connectivity index (χ0n) is 18.8. The normalized spacial score (nSPS) is 12.5. The molecule has 0 aliphatic rings. The molecule has 0 saturated heterocycles. The van der Waals surface area contributed by atoms with Gasteiger partial charge >= 0.3 is 0 Å². The van der Waals surface area contributed by atoms with Crippen LogP contribution in [0.5, 0.6) is 11.5 Å². The van der Waals surface area contributed by atoms with Gasteiger partial charge in [-0.3, -0.25) is 4.79 Å². The average Bonchev–Trinajstić information content (AvgIpc) is 2.76. The van der Waals surface area contributed by atoms with Gasteiger partial charge in [-0.15, -0.1) is 0 Å². The van der Waals surface area contributed by atoms with Gasteiger partial charge in [0, 0.05) is 6.42 Å². The highest BCUT2D eigenvalue weighted by molar-refractivity contribution is 7.89. The number of aryl methyl sites for hydroxylation is 1. The number of ether oxygens (including phenoxy) is 2. The Morgan fingerprint density at radius 1 is 1.03 bits per heavy atom. The van der Waals surface area contributed by atoms with Gasteiger partial charge in [-0.05, 0) is 61.7 Å². The van der Waals surface area contributed by atoms with Crippen molar-refractivity contribution < 1.29 is 22.7 Å². The van der Waals surface area contributed by atoms with Crippen molar-refractivity contribution in [2.75, 3.05) is 20.8 Å². The average molecular weight is 449 g/mol. The fourth-order valence-corrected chi connectivity index (χ4v) is 3.67. The fourth-order valence-electron chi connectivity index (χ4n) is 2.94. The Morgan fingerprint density at radius 3 is 2.29 bits per heavy atom. The van der Waals surface area contributed by atoms with Crippen LogP contribution in [0.25, 0.3) is 0 Å². The maximum atomic E-state index is 12.4. The first-order chi connectivity index (χ1) is 14.7. The largest absolute Gasteiger partial charge is 0.493 e. The van der Waals surface area contributed by atoms with Crippen molar-refractivity contribution in [3.05, 3.63) is 53.6 Å². The number of rotatable bonds is 11. The lowest BCUT2D eigenvalue weighted by Gasteiger charge is -2.18. The van der Waals surface area contributed by atoms with Crippen LogP contribution in [0, 0.1) is 5.92 Å². The first-order valence-corrected chi connectivity index (χ1v) is 11.8. The van der Waals surface area contributed by atoms with E-state index in [2.05, 4.69) is 23.9 Å². The monoisotopic (exact) mass is 448 g/mol. The summed E-state index contributed by atoms with van der Waals surface area (Å²) in [7, 11) is -0.492. The van der Waals surface area contributed by atoms with E-state index in [0.29, 0.717) is 36.9 Å². The van der Waals surface area contributed by atoms with Crippen LogP contribution < -0.4 is 19.5 Å². The molecule has 0 aliphatic heterocycles. The lowest BCUT2D eigenvalue weighted by Crippen LogP contribution is -2.26. The maximum Gasteiger partial charge on any atom is 0.240 e. The molecule has 8 heteroatoms. The van der Waals surface area contributed by atoms with E-state index in [1.165, 1.54) is 19.2 Å². The number of hydrogen-bond acceptors (Lipinski definition) is 5. The molecule has 1 atom stereocenters. The van der Waals surface area contributed by atoms with Crippen LogP contribution in [0.4, 0.5) is 0 Å². The number of methoxy groups -OCH3 is 1. The molecule has 2 aromatic rings. The summed E-state index contributed by atoms with van der Waals surface area (Å²) in [4.78, 5) is 12.6. The SMILES string of the molecule is CNS(=O)(=O)c1ccc(CCC(=O)NC(C)c2ccc(OCC(C)C)c(OC)c2)cc1. The molecule has 0 spiro atoms. The zero-order valence-corrected chi connectivity index (χ0v) is 19.6. The molecule has 0 bridgehead atoms. The van der Waals surface area contributed by atoms with Gasteiger partial charge in [-0.2, -0.15) is 0 Å². The summed E-state index contributed by atoms with van der Waals surface area (Å²) in [6.07, 6.45) is 0.818. The third-order valence-corrected chi connectivity index (χ3v) is 6.21. The lowest BCUT2D eigenvalue weighted by atomic mass is 10.1. The van der Waals surface area contributed by atoms with Gasteiger partial charge in [0.25, 0.3) is 0 Å². The van der Waals surface area contributed by atoms with Crippen LogP contribution in [0.2, 0.25) is 0 Å². The molecule has 2 rings (SSSR count). The van der Waals surface area contributed by atoms with Crippen LogP contribution in [-0.2, 0) is 21.2 Å². The van der Waals surface area contributed by atoms with Crippen LogP contribution in [0.15, 0.2) is 47.4 Å². The van der Waals surface area contributed by atoms with Crippen molar-refractivity contribution in [3.63, 3.8) is 0 Å². The number of hydrogen-bond donors (Lipinski definition) is 2. The van der Waals surface area contributed by atoms with Gasteiger partial charge in [0.1, 0.15) is 0 Å². The van der Waals surface area contributed by atoms with Crippen LogP contribution >= 0.6 is 0 Å². The molecule has 1 amide bonds. The van der Waals surface area contributed by atoms with E-state index in [-0.39, 0.29) is 16.8 Å². The van der Waals surface area contributed by atoms with Crippen LogP contribution in [-0.4, -0.2) is 35.1 Å². The van der Waals surface area contributed by atoms with Gasteiger partial charge in [0.15, 0.2) is 11.5 Å². The van der Waals surface area contributed by atoms with Gasteiger partial charge < -0.3 is 14.8 Å². The first kappa shape index (κ1) is 24.7. The summed E-state index contributed by atoms with van der Waals surface area (Å²) in [5.41, 5.74) is 1.81. The summed E-state index contributed by atoms with van der Waals surface area (Å²) >= 11 is 0. The highest BCUT2D eigenvalue weighted by Gasteiger charge is 2.14. The van der Waals surface area contributed by atoms with Crippen LogP contribution in [0.3, 0.4) is 0 Å². The second-order valence-electron chi connectivity index (χ2n) is 7.76. The molecular weight excluding hydrogens is 416 g/mol. The van der Waals surface area contributed by atoms with E-state index in [1.807, 2.05) is 25.1 Å². The summed E-state index contributed by atoms with van der Waals surface area (Å²) in [6.45, 7) is 6.68. The Balaban J connectivity index is 1.93. The van der Waals surface area contributed by atoms with Crippen molar-refractivity contribution in [2.45, 2.75) is 44.6 Å². The molecule has 7 nitrogen and oxygen atoms in total. The molecule has 170 valence electrons. The summed E-state index contributed by atoms with van der Waals surface area (Å²) in [5.74, 6) is 1.64. The Hall–Kier alpha value is -2.58. The van der Waals surface area contributed by atoms with E-state index in [0.717, 1.165) is 11.1 Å². The molecule has 0 aromatic heterocycles. The van der Waals surface area contributed by atoms with E-state index < -0.39 is 10.0 Å². The van der Waals surface area contributed by atoms with Crippen LogP contribution in [0.1, 0.15) is 44.4 Å². The topological polar surface area (TPSA) is 93.7 Å². The predicted molar refractivity (Wildman–Crippen MR) is 121 cm³/mol. The molecular formula is C23H32N2O5S. The molecule has 0 heterocycles. The second kappa shape index (κ2) is 11.2. The first-order valence-electron chi connectivity index (χ1n) is 10.3. The van der Waals surface area contributed by atoms with Crippen molar-refractivity contribution >= 4 is 15.9 Å². The summed E-state index contributed by atoms with van der Waals surface area (Å²) < 4.78 is 37.0. The van der Waals surface area contributed by atoms with Gasteiger partial charge in [0.2, 0.25) is 15.9 Å².